The van der Waals surface area contributed by atoms with E-state index in [-0.39, 0.29) is 18.6 Å². The van der Waals surface area contributed by atoms with Crippen LogP contribution in [-0.2, 0) is 12.8 Å². The smallest absolute Gasteiger partial charge is 0.253 e. The lowest BCUT2D eigenvalue weighted by molar-refractivity contribution is 0.0938. The van der Waals surface area contributed by atoms with Crippen LogP contribution in [0.25, 0.3) is 10.9 Å². The van der Waals surface area contributed by atoms with Gasteiger partial charge >= 0.3 is 0 Å². The van der Waals surface area contributed by atoms with Crippen LogP contribution in [0.2, 0.25) is 0 Å². The molecule has 0 aliphatic heterocycles. The maximum atomic E-state index is 12.6. The van der Waals surface area contributed by atoms with Gasteiger partial charge in [-0.3, -0.25) is 4.79 Å². The van der Waals surface area contributed by atoms with Gasteiger partial charge in [0.05, 0.1) is 11.1 Å². The number of fused-ring (bicyclic) bond motifs is 3. The lowest BCUT2D eigenvalue weighted by Crippen LogP contribution is -2.32. The van der Waals surface area contributed by atoms with Gasteiger partial charge in [-0.15, -0.1) is 0 Å². The van der Waals surface area contributed by atoms with Crippen molar-refractivity contribution in [1.82, 2.24) is 10.3 Å². The molecule has 0 fully saturated rings. The number of aromatic amines is 1. The summed E-state index contributed by atoms with van der Waals surface area (Å²) >= 11 is 0. The average molecular weight is 314 g/mol. The molecule has 0 unspecified atom stereocenters. The van der Waals surface area contributed by atoms with E-state index in [1.54, 1.807) is 0 Å². The quantitative estimate of drug-likeness (QED) is 0.793. The van der Waals surface area contributed by atoms with Crippen LogP contribution in [0.3, 0.4) is 0 Å². The topological polar surface area (TPSA) is 65.1 Å². The Bertz CT molecular complexity index is 705. The maximum absolute atomic E-state index is 12.6. The zero-order chi connectivity index (χ0) is 16.4. The number of aliphatic hydroxyl groups is 1. The van der Waals surface area contributed by atoms with E-state index in [0.717, 1.165) is 30.3 Å². The fraction of sp³-hybridized carbons (Fsp3) is 0.526. The van der Waals surface area contributed by atoms with E-state index in [1.807, 2.05) is 19.1 Å². The predicted molar refractivity (Wildman–Crippen MR) is 92.7 cm³/mol. The minimum absolute atomic E-state index is 0.0346. The van der Waals surface area contributed by atoms with Crippen LogP contribution in [0.5, 0.6) is 0 Å². The molecule has 0 saturated carbocycles. The van der Waals surface area contributed by atoms with Gasteiger partial charge in [-0.1, -0.05) is 19.1 Å². The summed E-state index contributed by atoms with van der Waals surface area (Å²) in [5.74, 6) is 0.671. The summed E-state index contributed by atoms with van der Waals surface area (Å²) in [4.78, 5) is 16.1. The Balaban J connectivity index is 1.88. The fourth-order valence-corrected chi connectivity index (χ4v) is 3.58. The second kappa shape index (κ2) is 6.75. The largest absolute Gasteiger partial charge is 0.396 e. The molecule has 2 atom stereocenters. The summed E-state index contributed by atoms with van der Waals surface area (Å²) in [5, 5.41) is 13.1. The highest BCUT2D eigenvalue weighted by Gasteiger charge is 2.22. The van der Waals surface area contributed by atoms with Gasteiger partial charge in [-0.25, -0.2) is 0 Å². The number of nitrogens with one attached hydrogen (secondary N) is 2. The number of benzene rings is 1. The van der Waals surface area contributed by atoms with Gasteiger partial charge in [0.25, 0.3) is 5.91 Å². The Morgan fingerprint density at radius 3 is 3.09 bits per heavy atom. The number of rotatable bonds is 5. The highest BCUT2D eigenvalue weighted by atomic mass is 16.3. The second-order valence-corrected chi connectivity index (χ2v) is 6.90. The van der Waals surface area contributed by atoms with E-state index >= 15 is 0 Å². The first kappa shape index (κ1) is 16.1. The molecule has 0 radical (unpaired) electrons. The Morgan fingerprint density at radius 2 is 2.30 bits per heavy atom. The molecular formula is C19H26N2O2. The lowest BCUT2D eigenvalue weighted by atomic mass is 9.87. The van der Waals surface area contributed by atoms with E-state index in [4.69, 9.17) is 5.11 Å². The molecule has 4 heteroatoms. The minimum atomic E-state index is -0.0346. The number of para-hydroxylation sites is 1. The van der Waals surface area contributed by atoms with Gasteiger partial charge in [0, 0.05) is 23.7 Å². The molecule has 3 rings (SSSR count). The molecule has 2 aromatic rings. The Morgan fingerprint density at radius 1 is 1.48 bits per heavy atom. The standard InChI is InChI=1S/C19H26N2O2/c1-12-8-9-17-16(11-12)14-6-3-7-15(18(14)21-17)19(23)20-13(2)5-4-10-22/h3,6-7,12-13,21-22H,4-5,8-11H2,1-2H3,(H,20,23)/t12-,13+/m1/s1. The SMILES string of the molecule is C[C@@H]1CCc2[nH]c3c(C(=O)N[C@@H](C)CCCO)cccc3c2C1. The van der Waals surface area contributed by atoms with E-state index in [9.17, 15) is 4.79 Å². The summed E-state index contributed by atoms with van der Waals surface area (Å²) in [7, 11) is 0. The highest BCUT2D eigenvalue weighted by molar-refractivity contribution is 6.06. The molecule has 4 nitrogen and oxygen atoms in total. The first-order chi connectivity index (χ1) is 11.1. The summed E-state index contributed by atoms with van der Waals surface area (Å²) in [6.45, 7) is 4.44. The zero-order valence-corrected chi connectivity index (χ0v) is 14.0. The molecule has 1 aliphatic carbocycles. The molecule has 124 valence electrons. The maximum Gasteiger partial charge on any atom is 0.253 e. The van der Waals surface area contributed by atoms with Crippen LogP contribution < -0.4 is 5.32 Å². The van der Waals surface area contributed by atoms with Crippen molar-refractivity contribution in [1.29, 1.82) is 0 Å². The third-order valence-electron chi connectivity index (χ3n) is 4.89. The van der Waals surface area contributed by atoms with Crippen molar-refractivity contribution in [3.8, 4) is 0 Å². The number of hydrogen-bond donors (Lipinski definition) is 3. The molecule has 1 heterocycles. The Kier molecular flexibility index (Phi) is 4.71. The fourth-order valence-electron chi connectivity index (χ4n) is 3.58. The Labute approximate surface area is 137 Å². The van der Waals surface area contributed by atoms with E-state index < -0.39 is 0 Å². The summed E-state index contributed by atoms with van der Waals surface area (Å²) in [6.07, 6.45) is 4.86. The van der Waals surface area contributed by atoms with Gasteiger partial charge in [0.1, 0.15) is 0 Å². The zero-order valence-electron chi connectivity index (χ0n) is 14.0. The van der Waals surface area contributed by atoms with Crippen molar-refractivity contribution in [2.45, 2.75) is 52.0 Å². The van der Waals surface area contributed by atoms with Gasteiger partial charge in [-0.2, -0.15) is 0 Å². The van der Waals surface area contributed by atoms with Gasteiger partial charge < -0.3 is 15.4 Å². The van der Waals surface area contributed by atoms with Gasteiger partial charge in [0.15, 0.2) is 0 Å². The molecule has 1 aliphatic rings. The number of carbonyl (C=O) groups excluding carboxylic acids is 1. The third-order valence-corrected chi connectivity index (χ3v) is 4.89. The highest BCUT2D eigenvalue weighted by Crippen LogP contribution is 2.32. The molecule has 1 amide bonds. The third kappa shape index (κ3) is 3.27. The molecular weight excluding hydrogens is 288 g/mol. The normalized spacial score (nSPS) is 18.7. The van der Waals surface area contributed by atoms with Crippen LogP contribution in [0.1, 0.15) is 54.7 Å². The van der Waals surface area contributed by atoms with Crippen molar-refractivity contribution in [3.63, 3.8) is 0 Å². The van der Waals surface area contributed by atoms with E-state index in [2.05, 4.69) is 23.3 Å². The van der Waals surface area contributed by atoms with E-state index in [1.165, 1.54) is 23.1 Å². The van der Waals surface area contributed by atoms with Crippen LogP contribution in [0, 0.1) is 5.92 Å². The first-order valence-electron chi connectivity index (χ1n) is 8.64. The molecule has 0 saturated heterocycles. The van der Waals surface area contributed by atoms with Crippen molar-refractivity contribution < 1.29 is 9.90 Å². The van der Waals surface area contributed by atoms with Crippen LogP contribution >= 0.6 is 0 Å². The summed E-state index contributed by atoms with van der Waals surface area (Å²) in [5.41, 5.74) is 4.38. The number of H-pyrrole nitrogens is 1. The van der Waals surface area contributed by atoms with Gasteiger partial charge in [-0.05, 0) is 56.6 Å². The molecule has 1 aromatic heterocycles. The Hall–Kier alpha value is -1.81. The molecule has 0 spiro atoms. The average Bonchev–Trinajstić information content (AvgIpc) is 2.90. The van der Waals surface area contributed by atoms with Crippen LogP contribution in [0.15, 0.2) is 18.2 Å². The minimum Gasteiger partial charge on any atom is -0.396 e. The number of carbonyl (C=O) groups is 1. The molecule has 0 bridgehead atoms. The van der Waals surface area contributed by atoms with Crippen molar-refractivity contribution >= 4 is 16.8 Å². The summed E-state index contributed by atoms with van der Waals surface area (Å²) < 4.78 is 0. The summed E-state index contributed by atoms with van der Waals surface area (Å²) in [6, 6.07) is 6.05. The number of aliphatic hydroxyl groups excluding tert-OH is 1. The number of aryl methyl sites for hydroxylation is 1. The molecule has 3 N–H and O–H groups in total. The molecule has 1 aromatic carbocycles. The van der Waals surface area contributed by atoms with E-state index in [0.29, 0.717) is 12.3 Å². The van der Waals surface area contributed by atoms with Crippen LogP contribution in [-0.4, -0.2) is 28.6 Å². The number of aromatic nitrogens is 1. The van der Waals surface area contributed by atoms with Crippen molar-refractivity contribution in [2.24, 2.45) is 5.92 Å². The number of amides is 1. The van der Waals surface area contributed by atoms with Crippen LogP contribution in [0.4, 0.5) is 0 Å². The molecule has 23 heavy (non-hydrogen) atoms. The van der Waals surface area contributed by atoms with Crippen molar-refractivity contribution in [3.05, 3.63) is 35.0 Å². The number of hydrogen-bond acceptors (Lipinski definition) is 2. The predicted octanol–water partition coefficient (Wildman–Crippen LogP) is 3.18. The lowest BCUT2D eigenvalue weighted by Gasteiger charge is -2.18. The second-order valence-electron chi connectivity index (χ2n) is 6.90. The first-order valence-corrected chi connectivity index (χ1v) is 8.64. The monoisotopic (exact) mass is 314 g/mol. The van der Waals surface area contributed by atoms with Gasteiger partial charge in [0.2, 0.25) is 0 Å². The van der Waals surface area contributed by atoms with Crippen molar-refractivity contribution in [2.75, 3.05) is 6.61 Å².